The Kier molecular flexibility index (Phi) is 6.26. The van der Waals surface area contributed by atoms with Crippen LogP contribution in [0.3, 0.4) is 0 Å². The number of aliphatic hydroxyl groups is 1. The molecule has 1 aliphatic heterocycles. The molecule has 1 fully saturated rings. The van der Waals surface area contributed by atoms with Gasteiger partial charge in [0.1, 0.15) is 0 Å². The van der Waals surface area contributed by atoms with Gasteiger partial charge < -0.3 is 20.4 Å². The number of nitrogens with zero attached hydrogens (tertiary/aromatic N) is 1. The SMILES string of the molecule is CC(CCCC(=O)O)NC(=O)N1CCCC(C)(O)CC1. The second-order valence-corrected chi connectivity index (χ2v) is 5.97. The number of rotatable bonds is 5. The fraction of sp³-hybridized carbons (Fsp3) is 0.857. The van der Waals surface area contributed by atoms with Gasteiger partial charge in [-0.25, -0.2) is 4.79 Å². The van der Waals surface area contributed by atoms with Crippen molar-refractivity contribution >= 4 is 12.0 Å². The number of aliphatic carboxylic acids is 1. The molecule has 0 radical (unpaired) electrons. The third-order valence-electron chi connectivity index (χ3n) is 3.75. The van der Waals surface area contributed by atoms with Crippen LogP contribution >= 0.6 is 0 Å². The summed E-state index contributed by atoms with van der Waals surface area (Å²) >= 11 is 0. The summed E-state index contributed by atoms with van der Waals surface area (Å²) in [4.78, 5) is 24.2. The highest BCUT2D eigenvalue weighted by Crippen LogP contribution is 2.21. The molecule has 3 N–H and O–H groups in total. The standard InChI is InChI=1S/C14H26N2O4/c1-11(5-3-6-12(17)18)15-13(19)16-9-4-7-14(2,20)8-10-16/h11,20H,3-10H2,1-2H3,(H,15,19)(H,17,18). The molecule has 6 nitrogen and oxygen atoms in total. The fourth-order valence-corrected chi connectivity index (χ4v) is 2.40. The van der Waals surface area contributed by atoms with Gasteiger partial charge in [0.2, 0.25) is 0 Å². The zero-order valence-corrected chi connectivity index (χ0v) is 12.4. The lowest BCUT2D eigenvalue weighted by atomic mass is 9.98. The number of likely N-dealkylation sites (tertiary alicyclic amines) is 1. The van der Waals surface area contributed by atoms with E-state index in [1.807, 2.05) is 13.8 Å². The Balaban J connectivity index is 2.32. The summed E-state index contributed by atoms with van der Waals surface area (Å²) in [5, 5.41) is 21.5. The van der Waals surface area contributed by atoms with Crippen LogP contribution in [0.15, 0.2) is 0 Å². The number of nitrogens with one attached hydrogen (secondary N) is 1. The largest absolute Gasteiger partial charge is 0.481 e. The summed E-state index contributed by atoms with van der Waals surface area (Å²) in [6.45, 7) is 4.90. The first-order chi connectivity index (χ1) is 9.30. The monoisotopic (exact) mass is 286 g/mol. The lowest BCUT2D eigenvalue weighted by molar-refractivity contribution is -0.137. The van der Waals surface area contributed by atoms with E-state index in [0.29, 0.717) is 38.8 Å². The maximum absolute atomic E-state index is 12.1. The predicted octanol–water partition coefficient (Wildman–Crippen LogP) is 1.58. The van der Waals surface area contributed by atoms with Gasteiger partial charge in [-0.3, -0.25) is 4.79 Å². The number of hydrogen-bond donors (Lipinski definition) is 3. The first kappa shape index (κ1) is 16.8. The molecule has 1 aliphatic rings. The van der Waals surface area contributed by atoms with Crippen molar-refractivity contribution in [2.45, 2.75) is 64.0 Å². The molecule has 0 aromatic carbocycles. The number of amides is 2. The number of carbonyl (C=O) groups excluding carboxylic acids is 1. The van der Waals surface area contributed by atoms with Gasteiger partial charge in [0.05, 0.1) is 5.60 Å². The lowest BCUT2D eigenvalue weighted by Gasteiger charge is -2.24. The third kappa shape index (κ3) is 6.23. The Morgan fingerprint density at radius 1 is 1.35 bits per heavy atom. The molecule has 0 spiro atoms. The number of carbonyl (C=O) groups is 2. The minimum atomic E-state index is -0.807. The lowest BCUT2D eigenvalue weighted by Crippen LogP contribution is -2.44. The average Bonchev–Trinajstić information content (AvgIpc) is 2.49. The second-order valence-electron chi connectivity index (χ2n) is 5.97. The van der Waals surface area contributed by atoms with Crippen LogP contribution in [0.2, 0.25) is 0 Å². The minimum Gasteiger partial charge on any atom is -0.481 e. The smallest absolute Gasteiger partial charge is 0.317 e. The minimum absolute atomic E-state index is 0.0365. The average molecular weight is 286 g/mol. The van der Waals surface area contributed by atoms with Crippen molar-refractivity contribution in [3.05, 3.63) is 0 Å². The van der Waals surface area contributed by atoms with Crippen LogP contribution in [-0.2, 0) is 4.79 Å². The van der Waals surface area contributed by atoms with Crippen molar-refractivity contribution in [2.24, 2.45) is 0 Å². The zero-order valence-electron chi connectivity index (χ0n) is 12.4. The van der Waals surface area contributed by atoms with Crippen molar-refractivity contribution < 1.29 is 19.8 Å². The van der Waals surface area contributed by atoms with Crippen LogP contribution in [-0.4, -0.2) is 51.8 Å². The van der Waals surface area contributed by atoms with Gasteiger partial charge in [0.15, 0.2) is 0 Å². The Bertz CT molecular complexity index is 344. The zero-order chi connectivity index (χ0) is 15.2. The molecule has 1 saturated heterocycles. The van der Waals surface area contributed by atoms with Gasteiger partial charge in [0, 0.05) is 25.6 Å². The van der Waals surface area contributed by atoms with E-state index in [1.54, 1.807) is 4.90 Å². The molecule has 116 valence electrons. The van der Waals surface area contributed by atoms with E-state index in [2.05, 4.69) is 5.32 Å². The number of carboxylic acids is 1. The third-order valence-corrected chi connectivity index (χ3v) is 3.75. The normalized spacial score (nSPS) is 24.9. The van der Waals surface area contributed by atoms with E-state index >= 15 is 0 Å². The van der Waals surface area contributed by atoms with Gasteiger partial charge in [-0.15, -0.1) is 0 Å². The maximum Gasteiger partial charge on any atom is 0.317 e. The van der Waals surface area contributed by atoms with E-state index in [1.165, 1.54) is 0 Å². The van der Waals surface area contributed by atoms with Crippen LogP contribution in [0.25, 0.3) is 0 Å². The maximum atomic E-state index is 12.1. The number of carboxylic acid groups (broad SMARTS) is 1. The number of urea groups is 1. The molecule has 0 aromatic rings. The molecule has 1 rings (SSSR count). The molecule has 20 heavy (non-hydrogen) atoms. The molecule has 0 bridgehead atoms. The molecule has 1 heterocycles. The fourth-order valence-electron chi connectivity index (χ4n) is 2.40. The topological polar surface area (TPSA) is 89.9 Å². The van der Waals surface area contributed by atoms with Crippen molar-refractivity contribution in [2.75, 3.05) is 13.1 Å². The summed E-state index contributed by atoms with van der Waals surface area (Å²) < 4.78 is 0. The van der Waals surface area contributed by atoms with Gasteiger partial charge in [0.25, 0.3) is 0 Å². The van der Waals surface area contributed by atoms with Gasteiger partial charge in [-0.05, 0) is 46.0 Å². The molecule has 2 atom stereocenters. The Hall–Kier alpha value is -1.30. The van der Waals surface area contributed by atoms with Crippen LogP contribution in [0.5, 0.6) is 0 Å². The molecule has 0 saturated carbocycles. The summed E-state index contributed by atoms with van der Waals surface area (Å²) in [7, 11) is 0. The van der Waals surface area contributed by atoms with Crippen LogP contribution < -0.4 is 5.32 Å². The van der Waals surface area contributed by atoms with E-state index in [9.17, 15) is 14.7 Å². The van der Waals surface area contributed by atoms with Crippen molar-refractivity contribution in [3.63, 3.8) is 0 Å². The molecular weight excluding hydrogens is 260 g/mol. The molecular formula is C14H26N2O4. The van der Waals surface area contributed by atoms with Crippen LogP contribution in [0.4, 0.5) is 4.79 Å². The highest BCUT2D eigenvalue weighted by atomic mass is 16.4. The first-order valence-electron chi connectivity index (χ1n) is 7.30. The van der Waals surface area contributed by atoms with Crippen LogP contribution in [0.1, 0.15) is 52.4 Å². The molecule has 6 heteroatoms. The van der Waals surface area contributed by atoms with Crippen molar-refractivity contribution in [1.82, 2.24) is 10.2 Å². The predicted molar refractivity (Wildman–Crippen MR) is 75.5 cm³/mol. The highest BCUT2D eigenvalue weighted by Gasteiger charge is 2.27. The highest BCUT2D eigenvalue weighted by molar-refractivity contribution is 5.74. The van der Waals surface area contributed by atoms with E-state index in [-0.39, 0.29) is 18.5 Å². The number of hydrogen-bond acceptors (Lipinski definition) is 3. The van der Waals surface area contributed by atoms with Crippen molar-refractivity contribution in [1.29, 1.82) is 0 Å². The second kappa shape index (κ2) is 7.47. The molecule has 2 unspecified atom stereocenters. The Morgan fingerprint density at radius 3 is 2.70 bits per heavy atom. The summed E-state index contributed by atoms with van der Waals surface area (Å²) in [6, 6.07) is -0.156. The summed E-state index contributed by atoms with van der Waals surface area (Å²) in [5.74, 6) is -0.807. The summed E-state index contributed by atoms with van der Waals surface area (Å²) in [5.41, 5.74) is -0.678. The quantitative estimate of drug-likeness (QED) is 0.715. The van der Waals surface area contributed by atoms with Gasteiger partial charge in [-0.1, -0.05) is 0 Å². The molecule has 2 amide bonds. The van der Waals surface area contributed by atoms with Crippen LogP contribution in [0, 0.1) is 0 Å². The Labute approximate surface area is 120 Å². The first-order valence-corrected chi connectivity index (χ1v) is 7.30. The van der Waals surface area contributed by atoms with E-state index < -0.39 is 11.6 Å². The van der Waals surface area contributed by atoms with E-state index in [4.69, 9.17) is 5.11 Å². The van der Waals surface area contributed by atoms with Crippen molar-refractivity contribution in [3.8, 4) is 0 Å². The van der Waals surface area contributed by atoms with Gasteiger partial charge in [-0.2, -0.15) is 0 Å². The Morgan fingerprint density at radius 2 is 2.05 bits per heavy atom. The van der Waals surface area contributed by atoms with E-state index in [0.717, 1.165) is 6.42 Å². The van der Waals surface area contributed by atoms with Gasteiger partial charge >= 0.3 is 12.0 Å². The molecule has 0 aliphatic carbocycles. The summed E-state index contributed by atoms with van der Waals surface area (Å²) in [6.07, 6.45) is 3.45. The molecule has 0 aromatic heterocycles.